The summed E-state index contributed by atoms with van der Waals surface area (Å²) in [7, 11) is -2.48. The lowest BCUT2D eigenvalue weighted by molar-refractivity contribution is 0.411. The van der Waals surface area contributed by atoms with Crippen LogP contribution in [0.5, 0.6) is 0 Å². The second kappa shape index (κ2) is 9.80. The molecule has 0 saturated heterocycles. The van der Waals surface area contributed by atoms with Crippen LogP contribution < -0.4 is 5.32 Å². The van der Waals surface area contributed by atoms with Crippen molar-refractivity contribution in [1.82, 2.24) is 5.32 Å². The zero-order chi connectivity index (χ0) is 21.5. The molecule has 0 aliphatic heterocycles. The van der Waals surface area contributed by atoms with E-state index < -0.39 is 19.3 Å². The van der Waals surface area contributed by atoms with Crippen LogP contribution in [0, 0.1) is 0 Å². The minimum Gasteiger partial charge on any atom is -0.253 e. The molecule has 0 saturated carbocycles. The zero-order valence-electron chi connectivity index (χ0n) is 17.1. The number of hydrogen-bond acceptors (Lipinski definition) is 2. The van der Waals surface area contributed by atoms with Gasteiger partial charge in [-0.3, -0.25) is 5.32 Å². The zero-order valence-corrected chi connectivity index (χ0v) is 18.0. The Balaban J connectivity index is 1.90. The van der Waals surface area contributed by atoms with Crippen LogP contribution in [0.2, 0.25) is 0 Å². The summed E-state index contributed by atoms with van der Waals surface area (Å²) in [5, 5.41) is 3.63. The lowest BCUT2D eigenvalue weighted by atomic mass is 9.77. The molecule has 0 aliphatic rings. The summed E-state index contributed by atoms with van der Waals surface area (Å²) in [4.78, 5) is 10.3. The molecule has 4 heteroatoms. The predicted molar refractivity (Wildman–Crippen MR) is 126 cm³/mol. The molecule has 0 bridgehead atoms. The maximum absolute atomic E-state index is 12.6. The number of nitrogens with one attached hydrogen (secondary N) is 1. The Morgan fingerprint density at radius 1 is 0.645 bits per heavy atom. The summed E-state index contributed by atoms with van der Waals surface area (Å²) in [6.07, 6.45) is 0.445. The quantitative estimate of drug-likeness (QED) is 0.274. The normalized spacial score (nSPS) is 12.9. The first-order valence-electron chi connectivity index (χ1n) is 10.3. The van der Waals surface area contributed by atoms with E-state index in [-0.39, 0.29) is 0 Å². The maximum Gasteiger partial charge on any atom is 0.525 e. The summed E-state index contributed by atoms with van der Waals surface area (Å²) >= 11 is 0. The largest absolute Gasteiger partial charge is 0.525 e. The summed E-state index contributed by atoms with van der Waals surface area (Å²) in [6, 6.07) is 40.2. The van der Waals surface area contributed by atoms with E-state index in [0.29, 0.717) is 6.42 Å². The molecule has 0 amide bonds. The van der Waals surface area contributed by atoms with Crippen LogP contribution in [0.4, 0.5) is 0 Å². The van der Waals surface area contributed by atoms with Crippen molar-refractivity contribution in [2.75, 3.05) is 0 Å². The van der Waals surface area contributed by atoms with Crippen molar-refractivity contribution in [3.05, 3.63) is 144 Å². The second-order valence-corrected chi connectivity index (χ2v) is 8.73. The molecule has 2 unspecified atom stereocenters. The molecule has 4 rings (SSSR count). The smallest absolute Gasteiger partial charge is 0.253 e. The van der Waals surface area contributed by atoms with Crippen LogP contribution in [0.25, 0.3) is 0 Å². The van der Waals surface area contributed by atoms with Crippen molar-refractivity contribution in [3.63, 3.8) is 0 Å². The topological polar surface area (TPSA) is 49.3 Å². The molecule has 31 heavy (non-hydrogen) atoms. The van der Waals surface area contributed by atoms with Crippen LogP contribution in [0.3, 0.4) is 0 Å². The molecular weight excluding hydrogens is 401 g/mol. The Bertz CT molecular complexity index is 1010. The first kappa shape index (κ1) is 21.1. The summed E-state index contributed by atoms with van der Waals surface area (Å²) in [5.41, 5.74) is 3.28. The highest BCUT2D eigenvalue weighted by molar-refractivity contribution is 7.38. The fourth-order valence-corrected chi connectivity index (χ4v) is 4.76. The minimum atomic E-state index is -2.48. The van der Waals surface area contributed by atoms with Crippen LogP contribution in [-0.4, -0.2) is 10.7 Å². The summed E-state index contributed by atoms with van der Waals surface area (Å²) in [6.45, 7) is 0. The third kappa shape index (κ3) is 4.65. The van der Waals surface area contributed by atoms with Crippen molar-refractivity contribution in [2.45, 2.75) is 17.7 Å². The maximum atomic E-state index is 12.6. The van der Waals surface area contributed by atoms with Gasteiger partial charge in [0.25, 0.3) is 0 Å². The van der Waals surface area contributed by atoms with Crippen molar-refractivity contribution in [1.29, 1.82) is 0 Å². The molecule has 0 radical (unpaired) electrons. The van der Waals surface area contributed by atoms with Crippen molar-refractivity contribution < 1.29 is 9.46 Å². The van der Waals surface area contributed by atoms with E-state index in [2.05, 4.69) is 41.7 Å². The van der Waals surface area contributed by atoms with Gasteiger partial charge in [-0.1, -0.05) is 121 Å². The minimum absolute atomic E-state index is 0.445. The molecule has 0 spiro atoms. The van der Waals surface area contributed by atoms with E-state index >= 15 is 0 Å². The molecular formula is C27H25NO2P+. The van der Waals surface area contributed by atoms with Crippen molar-refractivity contribution >= 4 is 8.03 Å². The van der Waals surface area contributed by atoms with Gasteiger partial charge in [0.15, 0.2) is 0 Å². The standard InChI is InChI=1S/C27H24NO2P/c29-31(30)26(21-22-13-5-1-6-14-22)28-27(23-15-7-2-8-16-23,24-17-9-3-10-18-24)25-19-11-4-12-20-25/h1-20,26,28H,21H2/p+1. The average molecular weight is 426 g/mol. The third-order valence-corrected chi connectivity index (χ3v) is 6.39. The number of benzene rings is 4. The molecule has 2 N–H and O–H groups in total. The molecule has 4 aromatic rings. The number of rotatable bonds is 8. The molecule has 2 atom stereocenters. The van der Waals surface area contributed by atoms with Gasteiger partial charge in [0, 0.05) is 6.42 Å². The van der Waals surface area contributed by atoms with Crippen LogP contribution in [0.15, 0.2) is 121 Å². The van der Waals surface area contributed by atoms with Crippen LogP contribution in [-0.2, 0) is 16.5 Å². The highest BCUT2D eigenvalue weighted by Crippen LogP contribution is 2.40. The van der Waals surface area contributed by atoms with Gasteiger partial charge in [-0.15, -0.1) is 0 Å². The van der Waals surface area contributed by atoms with Crippen LogP contribution in [0.1, 0.15) is 22.3 Å². The highest BCUT2D eigenvalue weighted by Gasteiger charge is 2.43. The van der Waals surface area contributed by atoms with E-state index in [1.807, 2.05) is 84.9 Å². The lowest BCUT2D eigenvalue weighted by Gasteiger charge is -2.37. The fraction of sp³-hybridized carbons (Fsp3) is 0.111. The Hall–Kier alpha value is -3.10. The SMILES string of the molecule is O=[P+](O)C(Cc1ccccc1)NC(c1ccccc1)(c1ccccc1)c1ccccc1. The number of hydrogen-bond donors (Lipinski definition) is 2. The fourth-order valence-electron chi connectivity index (χ4n) is 4.09. The lowest BCUT2D eigenvalue weighted by Crippen LogP contribution is -2.49. The molecule has 3 nitrogen and oxygen atoms in total. The van der Waals surface area contributed by atoms with E-state index in [0.717, 1.165) is 22.3 Å². The second-order valence-electron chi connectivity index (χ2n) is 7.50. The van der Waals surface area contributed by atoms with Gasteiger partial charge in [-0.2, -0.15) is 4.89 Å². The summed E-state index contributed by atoms with van der Waals surface area (Å²) in [5.74, 6) is -0.641. The average Bonchev–Trinajstić information content (AvgIpc) is 2.84. The van der Waals surface area contributed by atoms with Gasteiger partial charge in [-0.05, 0) is 26.8 Å². The van der Waals surface area contributed by atoms with Gasteiger partial charge in [0.05, 0.1) is 5.54 Å². The van der Waals surface area contributed by atoms with Gasteiger partial charge in [-0.25, -0.2) is 0 Å². The Kier molecular flexibility index (Phi) is 6.69. The summed E-state index contributed by atoms with van der Waals surface area (Å²) < 4.78 is 12.6. The monoisotopic (exact) mass is 426 g/mol. The Morgan fingerprint density at radius 3 is 1.35 bits per heavy atom. The van der Waals surface area contributed by atoms with Gasteiger partial charge in [0.2, 0.25) is 5.78 Å². The molecule has 4 aromatic carbocycles. The van der Waals surface area contributed by atoms with Crippen molar-refractivity contribution in [3.8, 4) is 0 Å². The Labute approximate surface area is 184 Å². The molecule has 0 fully saturated rings. The molecule has 0 aromatic heterocycles. The van der Waals surface area contributed by atoms with E-state index in [1.54, 1.807) is 0 Å². The first-order chi connectivity index (χ1) is 15.2. The predicted octanol–water partition coefficient (Wildman–Crippen LogP) is 5.87. The molecule has 0 aliphatic carbocycles. The highest BCUT2D eigenvalue weighted by atomic mass is 31.1. The van der Waals surface area contributed by atoms with E-state index in [4.69, 9.17) is 0 Å². The molecule has 0 heterocycles. The Morgan fingerprint density at radius 2 is 1.00 bits per heavy atom. The first-order valence-corrected chi connectivity index (χ1v) is 11.6. The van der Waals surface area contributed by atoms with Gasteiger partial charge >= 0.3 is 8.03 Å². The van der Waals surface area contributed by atoms with Crippen LogP contribution >= 0.6 is 8.03 Å². The van der Waals surface area contributed by atoms with E-state index in [1.165, 1.54) is 0 Å². The van der Waals surface area contributed by atoms with E-state index in [9.17, 15) is 9.46 Å². The van der Waals surface area contributed by atoms with Gasteiger partial charge in [0.1, 0.15) is 0 Å². The van der Waals surface area contributed by atoms with Gasteiger partial charge < -0.3 is 0 Å². The molecule has 154 valence electrons. The third-order valence-electron chi connectivity index (χ3n) is 5.54. The van der Waals surface area contributed by atoms with Crippen molar-refractivity contribution in [2.24, 2.45) is 0 Å².